The molecule has 0 saturated carbocycles. The molecule has 0 fully saturated rings. The lowest BCUT2D eigenvalue weighted by atomic mass is 10.1. The number of ketones is 1. The summed E-state index contributed by atoms with van der Waals surface area (Å²) in [6, 6.07) is 2.39. The van der Waals surface area contributed by atoms with E-state index in [0.29, 0.717) is 0 Å². The molecular weight excluding hydrogens is 327 g/mol. The van der Waals surface area contributed by atoms with Crippen LogP contribution in [0.1, 0.15) is 29.8 Å². The third-order valence-electron chi connectivity index (χ3n) is 2.49. The molecule has 7 heteroatoms. The van der Waals surface area contributed by atoms with Gasteiger partial charge in [-0.25, -0.2) is 0 Å². The Balaban J connectivity index is 3.13. The highest BCUT2D eigenvalue weighted by Crippen LogP contribution is 2.33. The fourth-order valence-electron chi connectivity index (χ4n) is 1.33. The first-order valence-corrected chi connectivity index (χ1v) is 6.10. The van der Waals surface area contributed by atoms with Crippen LogP contribution < -0.4 is 5.32 Å². The second-order valence-electron chi connectivity index (χ2n) is 3.99. The predicted molar refractivity (Wildman–Crippen MR) is 66.8 cm³/mol. The van der Waals surface area contributed by atoms with E-state index in [1.165, 1.54) is 19.9 Å². The maximum absolute atomic E-state index is 12.8. The molecule has 1 amide bonds. The summed E-state index contributed by atoms with van der Waals surface area (Å²) in [7, 11) is 0. The fraction of sp³-hybridized carbons (Fsp3) is 0.333. The van der Waals surface area contributed by atoms with Crippen molar-refractivity contribution >= 4 is 27.6 Å². The SMILES string of the molecule is CC(=O)C(C)NC(=O)c1ccc(Br)cc1C(F)(F)F. The monoisotopic (exact) mass is 337 g/mol. The number of hydrogen-bond donors (Lipinski definition) is 1. The van der Waals surface area contributed by atoms with E-state index in [1.54, 1.807) is 0 Å². The lowest BCUT2D eigenvalue weighted by Crippen LogP contribution is -2.38. The molecule has 0 aromatic heterocycles. The number of carbonyl (C=O) groups excluding carboxylic acids is 2. The number of nitrogens with one attached hydrogen (secondary N) is 1. The van der Waals surface area contributed by atoms with Gasteiger partial charge in [0.25, 0.3) is 5.91 Å². The minimum atomic E-state index is -4.64. The highest BCUT2D eigenvalue weighted by Gasteiger charge is 2.35. The summed E-state index contributed by atoms with van der Waals surface area (Å²) in [6.45, 7) is 2.66. The number of Topliss-reactive ketones (excluding diaryl/α,β-unsaturated/α-hetero) is 1. The molecule has 1 N–H and O–H groups in total. The minimum Gasteiger partial charge on any atom is -0.343 e. The second-order valence-corrected chi connectivity index (χ2v) is 4.91. The number of alkyl halides is 3. The largest absolute Gasteiger partial charge is 0.417 e. The van der Waals surface area contributed by atoms with Crippen LogP contribution in [0.15, 0.2) is 22.7 Å². The summed E-state index contributed by atoms with van der Waals surface area (Å²) in [5, 5.41) is 2.22. The molecule has 0 spiro atoms. The van der Waals surface area contributed by atoms with Gasteiger partial charge in [0.1, 0.15) is 0 Å². The van der Waals surface area contributed by atoms with Crippen LogP contribution >= 0.6 is 15.9 Å². The van der Waals surface area contributed by atoms with Crippen molar-refractivity contribution in [2.75, 3.05) is 0 Å². The average molecular weight is 338 g/mol. The number of halogens is 4. The third kappa shape index (κ3) is 4.05. The summed E-state index contributed by atoms with van der Waals surface area (Å²) in [6.07, 6.45) is -4.64. The molecule has 1 atom stereocenters. The average Bonchev–Trinajstić information content (AvgIpc) is 2.27. The molecule has 0 heterocycles. The number of rotatable bonds is 3. The molecule has 1 aromatic rings. The maximum Gasteiger partial charge on any atom is 0.417 e. The minimum absolute atomic E-state index is 0.219. The Hall–Kier alpha value is -1.37. The van der Waals surface area contributed by atoms with Gasteiger partial charge in [-0.3, -0.25) is 9.59 Å². The van der Waals surface area contributed by atoms with Crippen molar-refractivity contribution in [1.82, 2.24) is 5.32 Å². The van der Waals surface area contributed by atoms with E-state index in [0.717, 1.165) is 12.1 Å². The second kappa shape index (κ2) is 5.73. The molecule has 0 radical (unpaired) electrons. The molecule has 0 aliphatic carbocycles. The van der Waals surface area contributed by atoms with E-state index in [2.05, 4.69) is 21.2 Å². The first kappa shape index (κ1) is 15.7. The Morgan fingerprint density at radius 2 is 1.89 bits per heavy atom. The van der Waals surface area contributed by atoms with E-state index < -0.39 is 29.3 Å². The van der Waals surface area contributed by atoms with Gasteiger partial charge in [-0.2, -0.15) is 13.2 Å². The predicted octanol–water partition coefficient (Wildman–Crippen LogP) is 3.18. The van der Waals surface area contributed by atoms with Crippen LogP contribution in [0.25, 0.3) is 0 Å². The van der Waals surface area contributed by atoms with Crippen LogP contribution in [0.2, 0.25) is 0 Å². The molecule has 1 aromatic carbocycles. The van der Waals surface area contributed by atoms with Crippen molar-refractivity contribution in [3.05, 3.63) is 33.8 Å². The Morgan fingerprint density at radius 1 is 1.32 bits per heavy atom. The summed E-state index contributed by atoms with van der Waals surface area (Å²) >= 11 is 2.93. The highest BCUT2D eigenvalue weighted by molar-refractivity contribution is 9.10. The van der Waals surface area contributed by atoms with Crippen LogP contribution in [0.3, 0.4) is 0 Å². The molecule has 1 rings (SSSR count). The van der Waals surface area contributed by atoms with E-state index >= 15 is 0 Å². The molecule has 104 valence electrons. The zero-order valence-corrected chi connectivity index (χ0v) is 11.7. The zero-order valence-electron chi connectivity index (χ0n) is 10.1. The topological polar surface area (TPSA) is 46.2 Å². The van der Waals surface area contributed by atoms with Crippen molar-refractivity contribution in [1.29, 1.82) is 0 Å². The van der Waals surface area contributed by atoms with Crippen LogP contribution in [0.4, 0.5) is 13.2 Å². The summed E-state index contributed by atoms with van der Waals surface area (Å²) in [5.41, 5.74) is -1.56. The van der Waals surface area contributed by atoms with Crippen LogP contribution in [0, 0.1) is 0 Å². The maximum atomic E-state index is 12.8. The number of amides is 1. The van der Waals surface area contributed by atoms with Crippen molar-refractivity contribution in [2.45, 2.75) is 26.1 Å². The number of benzene rings is 1. The summed E-state index contributed by atoms with van der Waals surface area (Å²) in [5.74, 6) is -1.26. The van der Waals surface area contributed by atoms with Gasteiger partial charge in [0.05, 0.1) is 17.2 Å². The molecule has 0 bridgehead atoms. The van der Waals surface area contributed by atoms with Gasteiger partial charge in [-0.05, 0) is 32.0 Å². The van der Waals surface area contributed by atoms with Crippen molar-refractivity contribution in [2.24, 2.45) is 0 Å². The van der Waals surface area contributed by atoms with Gasteiger partial charge in [0.15, 0.2) is 5.78 Å². The molecule has 0 saturated heterocycles. The standard InChI is InChI=1S/C12H11BrF3NO2/c1-6(7(2)18)17-11(19)9-4-3-8(13)5-10(9)12(14,15)16/h3-6H,1-2H3,(H,17,19). The quantitative estimate of drug-likeness (QED) is 0.920. The highest BCUT2D eigenvalue weighted by atomic mass is 79.9. The molecular formula is C12H11BrF3NO2. The number of hydrogen-bond acceptors (Lipinski definition) is 2. The van der Waals surface area contributed by atoms with Gasteiger partial charge in [-0.15, -0.1) is 0 Å². The van der Waals surface area contributed by atoms with E-state index in [-0.39, 0.29) is 10.3 Å². The smallest absolute Gasteiger partial charge is 0.343 e. The van der Waals surface area contributed by atoms with Crippen LogP contribution in [-0.2, 0) is 11.0 Å². The Labute approximate surface area is 116 Å². The number of carbonyl (C=O) groups is 2. The van der Waals surface area contributed by atoms with Crippen LogP contribution in [-0.4, -0.2) is 17.7 Å². The molecule has 3 nitrogen and oxygen atoms in total. The Morgan fingerprint density at radius 3 is 2.37 bits per heavy atom. The lowest BCUT2D eigenvalue weighted by molar-refractivity contribution is -0.138. The lowest BCUT2D eigenvalue weighted by Gasteiger charge is -2.15. The fourth-order valence-corrected chi connectivity index (χ4v) is 1.69. The van der Waals surface area contributed by atoms with Gasteiger partial charge in [0, 0.05) is 4.47 Å². The van der Waals surface area contributed by atoms with E-state index in [9.17, 15) is 22.8 Å². The Kier molecular flexibility index (Phi) is 4.73. The van der Waals surface area contributed by atoms with Gasteiger partial charge in [0.2, 0.25) is 0 Å². The van der Waals surface area contributed by atoms with E-state index in [4.69, 9.17) is 0 Å². The third-order valence-corrected chi connectivity index (χ3v) is 2.98. The zero-order chi connectivity index (χ0) is 14.8. The molecule has 1 unspecified atom stereocenters. The first-order valence-electron chi connectivity index (χ1n) is 5.31. The van der Waals surface area contributed by atoms with Crippen molar-refractivity contribution in [3.63, 3.8) is 0 Å². The first-order chi connectivity index (χ1) is 8.62. The van der Waals surface area contributed by atoms with Gasteiger partial charge >= 0.3 is 6.18 Å². The van der Waals surface area contributed by atoms with Gasteiger partial charge in [-0.1, -0.05) is 15.9 Å². The van der Waals surface area contributed by atoms with Crippen molar-refractivity contribution in [3.8, 4) is 0 Å². The normalized spacial score (nSPS) is 12.9. The van der Waals surface area contributed by atoms with Gasteiger partial charge < -0.3 is 5.32 Å². The van der Waals surface area contributed by atoms with E-state index in [1.807, 2.05) is 0 Å². The van der Waals surface area contributed by atoms with Crippen LogP contribution in [0.5, 0.6) is 0 Å². The Bertz CT molecular complexity index is 514. The summed E-state index contributed by atoms with van der Waals surface area (Å²) < 4.78 is 38.7. The molecule has 0 aliphatic heterocycles. The molecule has 0 aliphatic rings. The summed E-state index contributed by atoms with van der Waals surface area (Å²) in [4.78, 5) is 22.8. The molecule has 19 heavy (non-hydrogen) atoms. The van der Waals surface area contributed by atoms with Crippen molar-refractivity contribution < 1.29 is 22.8 Å².